The second kappa shape index (κ2) is 6.83. The summed E-state index contributed by atoms with van der Waals surface area (Å²) < 4.78 is 30.7. The molecule has 2 rings (SSSR count). The summed E-state index contributed by atoms with van der Waals surface area (Å²) in [6, 6.07) is 10.8. The molecular formula is C17H20O4S. The number of ether oxygens (including phenoxy) is 1. The fourth-order valence-electron chi connectivity index (χ4n) is 2.08. The summed E-state index contributed by atoms with van der Waals surface area (Å²) >= 11 is 0. The first kappa shape index (κ1) is 16.4. The Balaban J connectivity index is 2.34. The number of sulfone groups is 1. The molecule has 0 aliphatic carbocycles. The van der Waals surface area contributed by atoms with Crippen LogP contribution < -0.4 is 4.74 Å². The number of hydrogen-bond acceptors (Lipinski definition) is 4. The van der Waals surface area contributed by atoms with Gasteiger partial charge < -0.3 is 9.84 Å². The van der Waals surface area contributed by atoms with Crippen molar-refractivity contribution in [2.45, 2.75) is 36.5 Å². The summed E-state index contributed by atoms with van der Waals surface area (Å²) in [5.74, 6) is 0.769. The molecule has 0 atom stereocenters. The summed E-state index contributed by atoms with van der Waals surface area (Å²) in [4.78, 5) is 0.397. The monoisotopic (exact) mass is 320 g/mol. The maximum absolute atomic E-state index is 12.6. The summed E-state index contributed by atoms with van der Waals surface area (Å²) in [5.41, 5.74) is 0.615. The Morgan fingerprint density at radius 2 is 1.64 bits per heavy atom. The van der Waals surface area contributed by atoms with Gasteiger partial charge in [0.05, 0.1) is 16.4 Å². The van der Waals surface area contributed by atoms with Gasteiger partial charge in [-0.15, -0.1) is 0 Å². The van der Waals surface area contributed by atoms with E-state index in [0.717, 1.165) is 6.42 Å². The Labute approximate surface area is 131 Å². The zero-order valence-electron chi connectivity index (χ0n) is 12.7. The third-order valence-electron chi connectivity index (χ3n) is 3.35. The molecule has 0 bridgehead atoms. The normalized spacial score (nSPS) is 11.4. The fraction of sp³-hybridized carbons (Fsp3) is 0.294. The van der Waals surface area contributed by atoms with E-state index in [4.69, 9.17) is 4.74 Å². The van der Waals surface area contributed by atoms with Crippen LogP contribution in [0.1, 0.15) is 25.8 Å². The predicted octanol–water partition coefficient (Wildman–Crippen LogP) is 3.58. The Kier molecular flexibility index (Phi) is 5.08. The summed E-state index contributed by atoms with van der Waals surface area (Å²) in [6.45, 7) is 4.48. The number of rotatable bonds is 6. The van der Waals surface area contributed by atoms with E-state index in [2.05, 4.69) is 0 Å². The van der Waals surface area contributed by atoms with Crippen molar-refractivity contribution < 1.29 is 18.3 Å². The van der Waals surface area contributed by atoms with Crippen molar-refractivity contribution in [2.75, 3.05) is 6.61 Å². The lowest BCUT2D eigenvalue weighted by atomic mass is 10.1. The second-order valence-electron chi connectivity index (χ2n) is 4.97. The first-order valence-electron chi connectivity index (χ1n) is 7.29. The van der Waals surface area contributed by atoms with Crippen LogP contribution >= 0.6 is 0 Å². The molecule has 2 aromatic carbocycles. The topological polar surface area (TPSA) is 63.6 Å². The average Bonchev–Trinajstić information content (AvgIpc) is 2.53. The lowest BCUT2D eigenvalue weighted by Crippen LogP contribution is -2.03. The van der Waals surface area contributed by atoms with Gasteiger partial charge in [-0.1, -0.05) is 13.8 Å². The highest BCUT2D eigenvalue weighted by Crippen LogP contribution is 2.27. The molecule has 0 aliphatic heterocycles. The van der Waals surface area contributed by atoms with Crippen molar-refractivity contribution >= 4 is 9.84 Å². The highest BCUT2D eigenvalue weighted by atomic mass is 32.2. The number of benzene rings is 2. The fourth-order valence-corrected chi connectivity index (χ4v) is 3.39. The van der Waals surface area contributed by atoms with E-state index in [9.17, 15) is 13.5 Å². The first-order valence-corrected chi connectivity index (χ1v) is 8.77. The maximum Gasteiger partial charge on any atom is 0.206 e. The Bertz CT molecular complexity index is 734. The van der Waals surface area contributed by atoms with Crippen LogP contribution in [0.3, 0.4) is 0 Å². The highest BCUT2D eigenvalue weighted by Gasteiger charge is 2.18. The van der Waals surface area contributed by atoms with Gasteiger partial charge in [-0.25, -0.2) is 8.42 Å². The third kappa shape index (κ3) is 3.42. The number of phenolic OH excluding ortho intramolecular Hbond substituents is 1. The van der Waals surface area contributed by atoms with E-state index in [1.54, 1.807) is 24.3 Å². The molecule has 0 aromatic heterocycles. The van der Waals surface area contributed by atoms with Crippen LogP contribution in [0.15, 0.2) is 52.3 Å². The van der Waals surface area contributed by atoms with E-state index in [0.29, 0.717) is 24.3 Å². The number of aromatic hydroxyl groups is 1. The van der Waals surface area contributed by atoms with Gasteiger partial charge in [0.15, 0.2) is 0 Å². The maximum atomic E-state index is 12.6. The van der Waals surface area contributed by atoms with Crippen LogP contribution in [0.4, 0.5) is 0 Å². The molecule has 0 fully saturated rings. The van der Waals surface area contributed by atoms with Gasteiger partial charge in [-0.3, -0.25) is 0 Å². The van der Waals surface area contributed by atoms with Crippen LogP contribution in [0, 0.1) is 0 Å². The lowest BCUT2D eigenvalue weighted by molar-refractivity contribution is 0.317. The lowest BCUT2D eigenvalue weighted by Gasteiger charge is -2.09. The average molecular weight is 320 g/mol. The van der Waals surface area contributed by atoms with Crippen molar-refractivity contribution in [3.63, 3.8) is 0 Å². The molecule has 5 heteroatoms. The van der Waals surface area contributed by atoms with Gasteiger partial charge in [-0.05, 0) is 60.9 Å². The van der Waals surface area contributed by atoms with Gasteiger partial charge in [0.1, 0.15) is 11.5 Å². The Hall–Kier alpha value is -2.01. The predicted molar refractivity (Wildman–Crippen MR) is 85.2 cm³/mol. The van der Waals surface area contributed by atoms with Crippen molar-refractivity contribution in [2.24, 2.45) is 0 Å². The molecule has 1 N–H and O–H groups in total. The van der Waals surface area contributed by atoms with Crippen LogP contribution in [0.5, 0.6) is 11.5 Å². The molecule has 118 valence electrons. The van der Waals surface area contributed by atoms with E-state index in [1.165, 1.54) is 18.2 Å². The molecule has 0 radical (unpaired) electrons. The Morgan fingerprint density at radius 3 is 2.23 bits per heavy atom. The Morgan fingerprint density at radius 1 is 1.00 bits per heavy atom. The van der Waals surface area contributed by atoms with E-state index >= 15 is 0 Å². The minimum atomic E-state index is -3.59. The minimum Gasteiger partial charge on any atom is -0.508 e. The molecule has 0 unspecified atom stereocenters. The van der Waals surface area contributed by atoms with Gasteiger partial charge in [-0.2, -0.15) is 0 Å². The number of phenols is 1. The van der Waals surface area contributed by atoms with Gasteiger partial charge in [0, 0.05) is 0 Å². The zero-order chi connectivity index (χ0) is 16.2. The summed E-state index contributed by atoms with van der Waals surface area (Å²) in [5, 5.41) is 9.68. The van der Waals surface area contributed by atoms with Crippen molar-refractivity contribution in [1.29, 1.82) is 0 Å². The van der Waals surface area contributed by atoms with Crippen LogP contribution in [0.25, 0.3) is 0 Å². The van der Waals surface area contributed by atoms with Crippen LogP contribution in [0.2, 0.25) is 0 Å². The summed E-state index contributed by atoms with van der Waals surface area (Å²) in [6.07, 6.45) is 1.46. The van der Waals surface area contributed by atoms with E-state index in [1.807, 2.05) is 13.8 Å². The number of aryl methyl sites for hydroxylation is 1. The molecule has 0 spiro atoms. The standard InChI is InChI=1S/C17H20O4S/c1-3-11-21-14-5-7-15(8-6-14)22(19,20)16-9-10-17(18)13(4-2)12-16/h5-10,12,18H,3-4,11H2,1-2H3. The van der Waals surface area contributed by atoms with Gasteiger partial charge in [0.25, 0.3) is 0 Å². The smallest absolute Gasteiger partial charge is 0.206 e. The molecule has 2 aromatic rings. The third-order valence-corrected chi connectivity index (χ3v) is 5.12. The molecule has 0 amide bonds. The van der Waals surface area contributed by atoms with Gasteiger partial charge >= 0.3 is 0 Å². The molecular weight excluding hydrogens is 300 g/mol. The molecule has 0 heterocycles. The minimum absolute atomic E-state index is 0.116. The van der Waals surface area contributed by atoms with Crippen LogP contribution in [-0.4, -0.2) is 20.1 Å². The quantitative estimate of drug-likeness (QED) is 0.883. The zero-order valence-corrected chi connectivity index (χ0v) is 13.6. The molecule has 0 saturated carbocycles. The largest absolute Gasteiger partial charge is 0.508 e. The first-order chi connectivity index (χ1) is 10.5. The van der Waals surface area contributed by atoms with Crippen molar-refractivity contribution in [3.05, 3.63) is 48.0 Å². The molecule has 4 nitrogen and oxygen atoms in total. The summed E-state index contributed by atoms with van der Waals surface area (Å²) in [7, 11) is -3.59. The van der Waals surface area contributed by atoms with Crippen LogP contribution in [-0.2, 0) is 16.3 Å². The second-order valence-corrected chi connectivity index (χ2v) is 6.92. The van der Waals surface area contributed by atoms with E-state index in [-0.39, 0.29) is 15.5 Å². The highest BCUT2D eigenvalue weighted by molar-refractivity contribution is 7.91. The number of hydrogen-bond donors (Lipinski definition) is 1. The van der Waals surface area contributed by atoms with Crippen molar-refractivity contribution in [3.8, 4) is 11.5 Å². The van der Waals surface area contributed by atoms with E-state index < -0.39 is 9.84 Å². The van der Waals surface area contributed by atoms with Crippen molar-refractivity contribution in [1.82, 2.24) is 0 Å². The van der Waals surface area contributed by atoms with Gasteiger partial charge in [0.2, 0.25) is 9.84 Å². The SMILES string of the molecule is CCCOc1ccc(S(=O)(=O)c2ccc(O)c(CC)c2)cc1. The molecule has 22 heavy (non-hydrogen) atoms. The molecule has 0 saturated heterocycles. The molecule has 0 aliphatic rings.